The molecule has 2 aromatic rings. The average Bonchev–Trinajstić information content (AvgIpc) is 2.70. The van der Waals surface area contributed by atoms with E-state index in [4.69, 9.17) is 9.47 Å². The molecule has 1 aliphatic rings. The first-order valence-corrected chi connectivity index (χ1v) is 8.85. The number of morpholine rings is 1. The first-order valence-electron chi connectivity index (χ1n) is 8.85. The lowest BCUT2D eigenvalue weighted by Crippen LogP contribution is -2.37. The largest absolute Gasteiger partial charge is 0.494 e. The van der Waals surface area contributed by atoms with Crippen molar-refractivity contribution in [1.29, 1.82) is 5.26 Å². The van der Waals surface area contributed by atoms with Gasteiger partial charge in [0.25, 0.3) is 0 Å². The fourth-order valence-corrected chi connectivity index (χ4v) is 2.87. The van der Waals surface area contributed by atoms with E-state index in [1.54, 1.807) is 0 Å². The summed E-state index contributed by atoms with van der Waals surface area (Å²) in [5.41, 5.74) is 1.68. The summed E-state index contributed by atoms with van der Waals surface area (Å²) >= 11 is 0. The Kier molecular flexibility index (Phi) is 6.23. The van der Waals surface area contributed by atoms with Gasteiger partial charge in [-0.1, -0.05) is 12.1 Å². The van der Waals surface area contributed by atoms with Gasteiger partial charge in [0, 0.05) is 19.6 Å². The Morgan fingerprint density at radius 3 is 2.69 bits per heavy atom. The van der Waals surface area contributed by atoms with Crippen LogP contribution in [0.15, 0.2) is 30.6 Å². The quantitative estimate of drug-likeness (QED) is 0.817. The van der Waals surface area contributed by atoms with Gasteiger partial charge in [0.05, 0.1) is 19.8 Å². The fourth-order valence-electron chi connectivity index (χ4n) is 2.87. The van der Waals surface area contributed by atoms with Crippen molar-refractivity contribution < 1.29 is 9.47 Å². The van der Waals surface area contributed by atoms with E-state index in [9.17, 15) is 5.26 Å². The Morgan fingerprint density at radius 2 is 2.00 bits per heavy atom. The zero-order valence-corrected chi connectivity index (χ0v) is 14.9. The molecule has 0 unspecified atom stereocenters. The Bertz CT molecular complexity index is 752. The van der Waals surface area contributed by atoms with Crippen LogP contribution < -0.4 is 15.0 Å². The second-order valence-electron chi connectivity index (χ2n) is 5.89. The molecule has 7 heteroatoms. The zero-order chi connectivity index (χ0) is 18.2. The SMILES string of the molecule is CCOc1ccc(CCNc2ncnc(N3CCOCC3)c2C#N)cc1. The summed E-state index contributed by atoms with van der Waals surface area (Å²) < 4.78 is 10.8. The van der Waals surface area contributed by atoms with Crippen LogP contribution >= 0.6 is 0 Å². The summed E-state index contributed by atoms with van der Waals surface area (Å²) in [6.45, 7) is 6.08. The molecule has 1 aromatic carbocycles. The van der Waals surface area contributed by atoms with Gasteiger partial charge in [-0.25, -0.2) is 9.97 Å². The van der Waals surface area contributed by atoms with Gasteiger partial charge < -0.3 is 19.7 Å². The molecule has 1 aromatic heterocycles. The number of aromatic nitrogens is 2. The third-order valence-corrected chi connectivity index (χ3v) is 4.19. The molecule has 0 amide bonds. The van der Waals surface area contributed by atoms with Gasteiger partial charge in [0.15, 0.2) is 5.82 Å². The Balaban J connectivity index is 1.63. The highest BCUT2D eigenvalue weighted by Crippen LogP contribution is 2.23. The van der Waals surface area contributed by atoms with Crippen LogP contribution in [0.25, 0.3) is 0 Å². The predicted molar refractivity (Wildman–Crippen MR) is 99.6 cm³/mol. The molecule has 0 radical (unpaired) electrons. The van der Waals surface area contributed by atoms with Crippen molar-refractivity contribution in [3.8, 4) is 11.8 Å². The highest BCUT2D eigenvalue weighted by atomic mass is 16.5. The lowest BCUT2D eigenvalue weighted by molar-refractivity contribution is 0.122. The number of rotatable bonds is 7. The summed E-state index contributed by atoms with van der Waals surface area (Å²) in [5, 5.41) is 12.9. The van der Waals surface area contributed by atoms with Crippen LogP contribution in [0, 0.1) is 11.3 Å². The molecule has 0 saturated carbocycles. The fraction of sp³-hybridized carbons (Fsp3) is 0.421. The van der Waals surface area contributed by atoms with Crippen molar-refractivity contribution in [2.75, 3.05) is 49.7 Å². The number of benzene rings is 1. The van der Waals surface area contributed by atoms with Gasteiger partial charge in [-0.15, -0.1) is 0 Å². The van der Waals surface area contributed by atoms with Gasteiger partial charge >= 0.3 is 0 Å². The molecule has 0 bridgehead atoms. The van der Waals surface area contributed by atoms with Gasteiger partial charge in [-0.2, -0.15) is 5.26 Å². The van der Waals surface area contributed by atoms with Crippen molar-refractivity contribution in [1.82, 2.24) is 9.97 Å². The van der Waals surface area contributed by atoms with Crippen LogP contribution in [0.5, 0.6) is 5.75 Å². The topological polar surface area (TPSA) is 83.3 Å². The summed E-state index contributed by atoms with van der Waals surface area (Å²) in [6.07, 6.45) is 2.33. The van der Waals surface area contributed by atoms with Crippen LogP contribution in [-0.4, -0.2) is 49.4 Å². The van der Waals surface area contributed by atoms with Crippen LogP contribution in [0.1, 0.15) is 18.1 Å². The second kappa shape index (κ2) is 9.02. The third-order valence-electron chi connectivity index (χ3n) is 4.19. The third kappa shape index (κ3) is 4.41. The van der Waals surface area contributed by atoms with Crippen molar-refractivity contribution in [2.45, 2.75) is 13.3 Å². The van der Waals surface area contributed by atoms with Crippen LogP contribution in [0.3, 0.4) is 0 Å². The number of hydrogen-bond acceptors (Lipinski definition) is 7. The minimum absolute atomic E-state index is 0.487. The molecule has 0 spiro atoms. The Labute approximate surface area is 153 Å². The van der Waals surface area contributed by atoms with E-state index in [-0.39, 0.29) is 0 Å². The van der Waals surface area contributed by atoms with E-state index < -0.39 is 0 Å². The normalized spacial score (nSPS) is 13.9. The van der Waals surface area contributed by atoms with Crippen molar-refractivity contribution >= 4 is 11.6 Å². The van der Waals surface area contributed by atoms with Crippen LogP contribution in [-0.2, 0) is 11.2 Å². The number of ether oxygens (including phenoxy) is 2. The Morgan fingerprint density at radius 1 is 1.23 bits per heavy atom. The molecule has 7 nitrogen and oxygen atoms in total. The Hall–Kier alpha value is -2.85. The maximum absolute atomic E-state index is 9.59. The first-order chi connectivity index (χ1) is 12.8. The van der Waals surface area contributed by atoms with Gasteiger partial charge in [0.2, 0.25) is 0 Å². The van der Waals surface area contributed by atoms with E-state index >= 15 is 0 Å². The lowest BCUT2D eigenvalue weighted by Gasteiger charge is -2.28. The first kappa shape index (κ1) is 18.0. The smallest absolute Gasteiger partial charge is 0.152 e. The molecular weight excluding hydrogens is 330 g/mol. The van der Waals surface area contributed by atoms with Gasteiger partial charge in [-0.3, -0.25) is 0 Å². The van der Waals surface area contributed by atoms with Gasteiger partial charge in [-0.05, 0) is 31.0 Å². The highest BCUT2D eigenvalue weighted by molar-refractivity contribution is 5.65. The number of hydrogen-bond donors (Lipinski definition) is 1. The summed E-state index contributed by atoms with van der Waals surface area (Å²) in [6, 6.07) is 10.3. The average molecular weight is 353 g/mol. The van der Waals surface area contributed by atoms with Crippen molar-refractivity contribution in [3.63, 3.8) is 0 Å². The molecular formula is C19H23N5O2. The van der Waals surface area contributed by atoms with Crippen molar-refractivity contribution in [2.24, 2.45) is 0 Å². The molecule has 2 heterocycles. The zero-order valence-electron chi connectivity index (χ0n) is 14.9. The van der Waals surface area contributed by atoms with Gasteiger partial charge in [0.1, 0.15) is 29.5 Å². The van der Waals surface area contributed by atoms with E-state index in [0.29, 0.717) is 43.6 Å². The maximum atomic E-state index is 9.59. The van der Waals surface area contributed by atoms with Crippen LogP contribution in [0.2, 0.25) is 0 Å². The molecule has 0 atom stereocenters. The standard InChI is InChI=1S/C19H23N5O2/c1-2-26-16-5-3-15(4-6-16)7-8-21-18-17(13-20)19(23-14-22-18)24-9-11-25-12-10-24/h3-6,14H,2,7-12H2,1H3,(H,21,22,23). The monoisotopic (exact) mass is 353 g/mol. The summed E-state index contributed by atoms with van der Waals surface area (Å²) in [4.78, 5) is 10.6. The molecule has 1 aliphatic heterocycles. The predicted octanol–water partition coefficient (Wildman–Crippen LogP) is 2.24. The minimum Gasteiger partial charge on any atom is -0.494 e. The molecule has 1 saturated heterocycles. The molecule has 26 heavy (non-hydrogen) atoms. The summed E-state index contributed by atoms with van der Waals surface area (Å²) in [7, 11) is 0. The van der Waals surface area contributed by atoms with E-state index in [0.717, 1.165) is 25.3 Å². The highest BCUT2D eigenvalue weighted by Gasteiger charge is 2.19. The minimum atomic E-state index is 0.487. The molecule has 0 aliphatic carbocycles. The second-order valence-corrected chi connectivity index (χ2v) is 5.89. The lowest BCUT2D eigenvalue weighted by atomic mass is 10.1. The molecule has 136 valence electrons. The molecule has 3 rings (SSSR count). The maximum Gasteiger partial charge on any atom is 0.152 e. The number of nitriles is 1. The number of anilines is 2. The molecule has 1 fully saturated rings. The van der Waals surface area contributed by atoms with E-state index in [1.165, 1.54) is 11.9 Å². The number of nitrogens with zero attached hydrogens (tertiary/aromatic N) is 4. The molecule has 1 N–H and O–H groups in total. The van der Waals surface area contributed by atoms with Crippen LogP contribution in [0.4, 0.5) is 11.6 Å². The van der Waals surface area contributed by atoms with E-state index in [1.807, 2.05) is 19.1 Å². The van der Waals surface area contributed by atoms with E-state index in [2.05, 4.69) is 38.4 Å². The van der Waals surface area contributed by atoms with Crippen molar-refractivity contribution in [3.05, 3.63) is 41.7 Å². The number of nitrogens with one attached hydrogen (secondary N) is 1. The summed E-state index contributed by atoms with van der Waals surface area (Å²) in [5.74, 6) is 2.13.